The third kappa shape index (κ3) is 3.71. The summed E-state index contributed by atoms with van der Waals surface area (Å²) in [5.74, 6) is 7.27. The van der Waals surface area contributed by atoms with Gasteiger partial charge >= 0.3 is 0 Å². The molecule has 1 aromatic carbocycles. The highest BCUT2D eigenvalue weighted by Crippen LogP contribution is 2.35. The largest absolute Gasteiger partial charge is 0.496 e. The van der Waals surface area contributed by atoms with Crippen LogP contribution in [0.3, 0.4) is 0 Å². The first kappa shape index (κ1) is 15.3. The van der Waals surface area contributed by atoms with Gasteiger partial charge in [-0.05, 0) is 36.6 Å². The van der Waals surface area contributed by atoms with E-state index < -0.39 is 0 Å². The van der Waals surface area contributed by atoms with Gasteiger partial charge in [0, 0.05) is 12.4 Å². The lowest BCUT2D eigenvalue weighted by molar-refractivity contribution is 0.367. The van der Waals surface area contributed by atoms with Crippen molar-refractivity contribution in [1.82, 2.24) is 10.4 Å². The molecule has 0 saturated heterocycles. The molecule has 1 aromatic heterocycles. The maximum atomic E-state index is 5.74. The minimum absolute atomic E-state index is 0.0590. The molecule has 3 N–H and O–H groups in total. The summed E-state index contributed by atoms with van der Waals surface area (Å²) < 4.78 is 10.9. The van der Waals surface area contributed by atoms with Crippen LogP contribution in [0.15, 0.2) is 42.7 Å². The molecule has 0 aliphatic carbocycles. The van der Waals surface area contributed by atoms with Crippen molar-refractivity contribution in [3.05, 3.63) is 53.9 Å². The molecule has 2 aromatic rings. The summed E-state index contributed by atoms with van der Waals surface area (Å²) in [4.78, 5) is 4.13. The van der Waals surface area contributed by atoms with E-state index in [9.17, 15) is 0 Å². The lowest BCUT2D eigenvalue weighted by Gasteiger charge is -2.21. The molecular formula is C16H21N3O2. The molecule has 5 heteroatoms. The number of aryl methyl sites for hydroxylation is 1. The number of hydrogen-bond donors (Lipinski definition) is 2. The molecule has 5 nitrogen and oxygen atoms in total. The van der Waals surface area contributed by atoms with Crippen molar-refractivity contribution < 1.29 is 9.47 Å². The van der Waals surface area contributed by atoms with Crippen molar-refractivity contribution in [3.63, 3.8) is 0 Å². The van der Waals surface area contributed by atoms with Gasteiger partial charge < -0.3 is 9.47 Å². The highest BCUT2D eigenvalue weighted by atomic mass is 16.5. The number of aromatic nitrogens is 1. The summed E-state index contributed by atoms with van der Waals surface area (Å²) in [6.45, 7) is 0. The van der Waals surface area contributed by atoms with Gasteiger partial charge in [0.2, 0.25) is 0 Å². The fourth-order valence-electron chi connectivity index (χ4n) is 2.39. The number of pyridine rings is 1. The summed E-state index contributed by atoms with van der Waals surface area (Å²) in [6, 6.07) is 9.65. The Balaban J connectivity index is 2.21. The smallest absolute Gasteiger partial charge is 0.127 e. The Morgan fingerprint density at radius 2 is 1.86 bits per heavy atom. The van der Waals surface area contributed by atoms with E-state index in [-0.39, 0.29) is 6.04 Å². The van der Waals surface area contributed by atoms with E-state index in [0.29, 0.717) is 0 Å². The highest BCUT2D eigenvalue weighted by Gasteiger charge is 2.19. The van der Waals surface area contributed by atoms with Crippen LogP contribution in [0.4, 0.5) is 0 Å². The molecule has 21 heavy (non-hydrogen) atoms. The molecule has 112 valence electrons. The second-order valence-electron chi connectivity index (χ2n) is 4.70. The summed E-state index contributed by atoms with van der Waals surface area (Å²) >= 11 is 0. The van der Waals surface area contributed by atoms with Crippen molar-refractivity contribution in [1.29, 1.82) is 0 Å². The van der Waals surface area contributed by atoms with Crippen LogP contribution < -0.4 is 20.7 Å². The van der Waals surface area contributed by atoms with Crippen LogP contribution >= 0.6 is 0 Å². The van der Waals surface area contributed by atoms with E-state index in [1.54, 1.807) is 20.4 Å². The molecule has 0 saturated carbocycles. The molecule has 0 aliphatic heterocycles. The quantitative estimate of drug-likeness (QED) is 0.604. The standard InChI is InChI=1S/C16H21N3O2/c1-20-14-6-3-7-15(21-2)16(14)13(19-17)9-8-12-5-4-10-18-11-12/h3-7,10-11,13,19H,8-9,17H2,1-2H3. The third-order valence-electron chi connectivity index (χ3n) is 3.46. The Labute approximate surface area is 125 Å². The van der Waals surface area contributed by atoms with E-state index in [0.717, 1.165) is 29.9 Å². The van der Waals surface area contributed by atoms with Crippen molar-refractivity contribution >= 4 is 0 Å². The van der Waals surface area contributed by atoms with Gasteiger partial charge in [0.25, 0.3) is 0 Å². The van der Waals surface area contributed by atoms with Crippen LogP contribution in [0, 0.1) is 0 Å². The van der Waals surface area contributed by atoms with Gasteiger partial charge in [0.15, 0.2) is 0 Å². The Kier molecular flexibility index (Phi) is 5.54. The maximum Gasteiger partial charge on any atom is 0.127 e. The van der Waals surface area contributed by atoms with E-state index in [1.807, 2.05) is 30.5 Å². The van der Waals surface area contributed by atoms with E-state index in [2.05, 4.69) is 16.5 Å². The first-order valence-electron chi connectivity index (χ1n) is 6.86. The van der Waals surface area contributed by atoms with E-state index in [4.69, 9.17) is 15.3 Å². The van der Waals surface area contributed by atoms with Crippen molar-refractivity contribution in [2.24, 2.45) is 5.84 Å². The molecule has 0 spiro atoms. The summed E-state index contributed by atoms with van der Waals surface area (Å²) in [7, 11) is 3.29. The van der Waals surface area contributed by atoms with Crippen LogP contribution in [0.1, 0.15) is 23.6 Å². The number of ether oxygens (including phenoxy) is 2. The molecule has 0 fully saturated rings. The van der Waals surface area contributed by atoms with E-state index in [1.165, 1.54) is 5.56 Å². The number of rotatable bonds is 7. The second-order valence-corrected chi connectivity index (χ2v) is 4.70. The maximum absolute atomic E-state index is 5.74. The zero-order valence-corrected chi connectivity index (χ0v) is 12.4. The predicted molar refractivity (Wildman–Crippen MR) is 82.2 cm³/mol. The van der Waals surface area contributed by atoms with E-state index >= 15 is 0 Å². The van der Waals surface area contributed by atoms with Crippen LogP contribution in [0.25, 0.3) is 0 Å². The summed E-state index contributed by atoms with van der Waals surface area (Å²) in [5, 5.41) is 0. The normalized spacial score (nSPS) is 12.0. The Morgan fingerprint density at radius 1 is 1.14 bits per heavy atom. The third-order valence-corrected chi connectivity index (χ3v) is 3.46. The summed E-state index contributed by atoms with van der Waals surface area (Å²) in [6.07, 6.45) is 5.32. The number of nitrogens with zero attached hydrogens (tertiary/aromatic N) is 1. The van der Waals surface area contributed by atoms with Crippen molar-refractivity contribution in [2.75, 3.05) is 14.2 Å². The Hall–Kier alpha value is -2.11. The van der Waals surface area contributed by atoms with Crippen LogP contribution in [-0.2, 0) is 6.42 Å². The molecule has 1 unspecified atom stereocenters. The van der Waals surface area contributed by atoms with Crippen molar-refractivity contribution in [2.45, 2.75) is 18.9 Å². The van der Waals surface area contributed by atoms with Gasteiger partial charge in [-0.1, -0.05) is 12.1 Å². The lowest BCUT2D eigenvalue weighted by Crippen LogP contribution is -2.29. The molecule has 0 radical (unpaired) electrons. The molecule has 1 atom stereocenters. The highest BCUT2D eigenvalue weighted by molar-refractivity contribution is 5.47. The number of hydrazine groups is 1. The minimum atomic E-state index is -0.0590. The molecule has 2 rings (SSSR count). The van der Waals surface area contributed by atoms with Crippen molar-refractivity contribution in [3.8, 4) is 11.5 Å². The molecule has 0 aliphatic rings. The van der Waals surface area contributed by atoms with Gasteiger partial charge in [-0.15, -0.1) is 0 Å². The number of hydrogen-bond acceptors (Lipinski definition) is 5. The van der Waals surface area contributed by atoms with Crippen LogP contribution in [-0.4, -0.2) is 19.2 Å². The SMILES string of the molecule is COc1cccc(OC)c1C(CCc1cccnc1)NN. The number of nitrogens with two attached hydrogens (primary N) is 1. The zero-order valence-electron chi connectivity index (χ0n) is 12.4. The van der Waals surface area contributed by atoms with Gasteiger partial charge in [-0.2, -0.15) is 0 Å². The fraction of sp³-hybridized carbons (Fsp3) is 0.312. The van der Waals surface area contributed by atoms with Crippen LogP contribution in [0.5, 0.6) is 11.5 Å². The first-order chi connectivity index (χ1) is 10.3. The number of methoxy groups -OCH3 is 2. The summed E-state index contributed by atoms with van der Waals surface area (Å²) in [5.41, 5.74) is 4.97. The second kappa shape index (κ2) is 7.61. The van der Waals surface area contributed by atoms with Gasteiger partial charge in [-0.3, -0.25) is 16.3 Å². The first-order valence-corrected chi connectivity index (χ1v) is 6.86. The molecular weight excluding hydrogens is 266 g/mol. The van der Waals surface area contributed by atoms with Crippen LogP contribution in [0.2, 0.25) is 0 Å². The molecule has 0 bridgehead atoms. The number of benzene rings is 1. The fourth-order valence-corrected chi connectivity index (χ4v) is 2.39. The average molecular weight is 287 g/mol. The minimum Gasteiger partial charge on any atom is -0.496 e. The average Bonchev–Trinajstić information content (AvgIpc) is 2.56. The predicted octanol–water partition coefficient (Wildman–Crippen LogP) is 2.24. The van der Waals surface area contributed by atoms with Gasteiger partial charge in [0.1, 0.15) is 11.5 Å². The topological polar surface area (TPSA) is 69.4 Å². The Morgan fingerprint density at radius 3 is 2.38 bits per heavy atom. The Bertz CT molecular complexity index is 538. The van der Waals surface area contributed by atoms with Gasteiger partial charge in [0.05, 0.1) is 25.8 Å². The zero-order chi connectivity index (χ0) is 15.1. The monoisotopic (exact) mass is 287 g/mol. The molecule has 1 heterocycles. The van der Waals surface area contributed by atoms with Gasteiger partial charge in [-0.25, -0.2) is 0 Å². The number of nitrogens with one attached hydrogen (secondary N) is 1. The molecule has 0 amide bonds. The lowest BCUT2D eigenvalue weighted by atomic mass is 9.98.